The van der Waals surface area contributed by atoms with E-state index in [9.17, 15) is 13.6 Å². The molecule has 0 heterocycles. The average molecular weight is 239 g/mol. The van der Waals surface area contributed by atoms with Crippen LogP contribution in [0.3, 0.4) is 0 Å². The molecule has 92 valence electrons. The molecule has 0 atom stereocenters. The molecule has 0 saturated heterocycles. The van der Waals surface area contributed by atoms with Gasteiger partial charge in [0.05, 0.1) is 5.56 Å². The molecule has 0 unspecified atom stereocenters. The monoisotopic (exact) mass is 239 g/mol. The number of amides is 1. The zero-order chi connectivity index (χ0) is 12.4. The van der Waals surface area contributed by atoms with Crippen LogP contribution in [0.5, 0.6) is 0 Å². The fourth-order valence-corrected chi connectivity index (χ4v) is 2.02. The summed E-state index contributed by atoms with van der Waals surface area (Å²) < 4.78 is 26.4. The van der Waals surface area contributed by atoms with Crippen LogP contribution >= 0.6 is 0 Å². The molecular weight excluding hydrogens is 224 g/mol. The average Bonchev–Trinajstić information content (AvgIpc) is 2.26. The second kappa shape index (κ2) is 4.82. The van der Waals surface area contributed by atoms with Gasteiger partial charge in [0.2, 0.25) is 0 Å². The summed E-state index contributed by atoms with van der Waals surface area (Å²) >= 11 is 0. The highest BCUT2D eigenvalue weighted by molar-refractivity contribution is 5.94. The van der Waals surface area contributed by atoms with Gasteiger partial charge in [0.15, 0.2) is 11.6 Å². The van der Waals surface area contributed by atoms with E-state index in [1.54, 1.807) is 7.05 Å². The number of benzene rings is 1. The van der Waals surface area contributed by atoms with Crippen molar-refractivity contribution >= 4 is 5.91 Å². The number of hydrogen-bond acceptors (Lipinski definition) is 1. The first-order chi connectivity index (χ1) is 8.09. The zero-order valence-electron chi connectivity index (χ0n) is 9.75. The van der Waals surface area contributed by atoms with Gasteiger partial charge in [-0.2, -0.15) is 0 Å². The van der Waals surface area contributed by atoms with Gasteiger partial charge in [0.25, 0.3) is 5.91 Å². The largest absolute Gasteiger partial charge is 0.341 e. The van der Waals surface area contributed by atoms with Gasteiger partial charge in [-0.3, -0.25) is 4.79 Å². The molecule has 1 aliphatic carbocycles. The molecule has 1 aromatic rings. The minimum atomic E-state index is -1.06. The topological polar surface area (TPSA) is 20.3 Å². The van der Waals surface area contributed by atoms with E-state index in [0.717, 1.165) is 18.9 Å². The summed E-state index contributed by atoms with van der Waals surface area (Å²) in [5.41, 5.74) is -0.188. The molecule has 1 aliphatic rings. The van der Waals surface area contributed by atoms with Crippen molar-refractivity contribution in [2.45, 2.75) is 19.3 Å². The highest BCUT2D eigenvalue weighted by atomic mass is 19.2. The second-order valence-electron chi connectivity index (χ2n) is 4.58. The van der Waals surface area contributed by atoms with Crippen molar-refractivity contribution in [3.05, 3.63) is 35.4 Å². The summed E-state index contributed by atoms with van der Waals surface area (Å²) in [4.78, 5) is 13.4. The summed E-state index contributed by atoms with van der Waals surface area (Å²) in [5, 5.41) is 0. The maximum absolute atomic E-state index is 13.4. The van der Waals surface area contributed by atoms with E-state index in [4.69, 9.17) is 0 Å². The smallest absolute Gasteiger partial charge is 0.256 e. The fraction of sp³-hybridized carbons (Fsp3) is 0.462. The molecule has 0 aromatic heterocycles. The number of carbonyl (C=O) groups excluding carboxylic acids is 1. The predicted octanol–water partition coefficient (Wildman–Crippen LogP) is 2.84. The summed E-state index contributed by atoms with van der Waals surface area (Å²) in [5.74, 6) is -1.97. The van der Waals surface area contributed by atoms with E-state index in [1.165, 1.54) is 23.5 Å². The van der Waals surface area contributed by atoms with E-state index in [2.05, 4.69) is 0 Å². The number of nitrogens with zero attached hydrogens (tertiary/aromatic N) is 1. The Morgan fingerprint density at radius 1 is 1.41 bits per heavy atom. The van der Waals surface area contributed by atoms with Crippen LogP contribution in [0, 0.1) is 17.6 Å². The lowest BCUT2D eigenvalue weighted by atomic mass is 9.85. The van der Waals surface area contributed by atoms with Gasteiger partial charge in [-0.15, -0.1) is 0 Å². The third-order valence-electron chi connectivity index (χ3n) is 3.29. The van der Waals surface area contributed by atoms with Crippen LogP contribution in [0.15, 0.2) is 18.2 Å². The van der Waals surface area contributed by atoms with Gasteiger partial charge in [0.1, 0.15) is 0 Å². The van der Waals surface area contributed by atoms with Crippen LogP contribution in [0.4, 0.5) is 8.78 Å². The Morgan fingerprint density at radius 2 is 2.12 bits per heavy atom. The second-order valence-corrected chi connectivity index (χ2v) is 4.58. The van der Waals surface area contributed by atoms with Gasteiger partial charge >= 0.3 is 0 Å². The Bertz CT molecular complexity index is 429. The first kappa shape index (κ1) is 12.0. The normalized spacial score (nSPS) is 15.5. The lowest BCUT2D eigenvalue weighted by Crippen LogP contribution is -2.34. The maximum Gasteiger partial charge on any atom is 0.256 e. The SMILES string of the molecule is CN(CC1CCC1)C(=O)c1cccc(F)c1F. The highest BCUT2D eigenvalue weighted by Gasteiger charge is 2.24. The van der Waals surface area contributed by atoms with Crippen LogP contribution in [0.2, 0.25) is 0 Å². The van der Waals surface area contributed by atoms with E-state index in [1.807, 2.05) is 0 Å². The predicted molar refractivity (Wildman–Crippen MR) is 60.7 cm³/mol. The molecular formula is C13H15F2NO. The zero-order valence-corrected chi connectivity index (χ0v) is 9.75. The summed E-state index contributed by atoms with van der Waals surface area (Å²) in [6, 6.07) is 3.68. The lowest BCUT2D eigenvalue weighted by Gasteiger charge is -2.30. The van der Waals surface area contributed by atoms with Crippen molar-refractivity contribution in [1.29, 1.82) is 0 Å². The molecule has 1 fully saturated rings. The van der Waals surface area contributed by atoms with Crippen molar-refractivity contribution in [3.63, 3.8) is 0 Å². The van der Waals surface area contributed by atoms with Gasteiger partial charge < -0.3 is 4.90 Å². The van der Waals surface area contributed by atoms with Crippen molar-refractivity contribution in [2.24, 2.45) is 5.92 Å². The first-order valence-corrected chi connectivity index (χ1v) is 5.79. The third kappa shape index (κ3) is 2.46. The first-order valence-electron chi connectivity index (χ1n) is 5.79. The van der Waals surface area contributed by atoms with Gasteiger partial charge in [-0.1, -0.05) is 12.5 Å². The van der Waals surface area contributed by atoms with Crippen LogP contribution in [-0.2, 0) is 0 Å². The Morgan fingerprint density at radius 3 is 2.71 bits per heavy atom. The molecule has 0 spiro atoms. The third-order valence-corrected chi connectivity index (χ3v) is 3.29. The van der Waals surface area contributed by atoms with Crippen molar-refractivity contribution in [1.82, 2.24) is 4.90 Å². The number of hydrogen-bond donors (Lipinski definition) is 0. The molecule has 2 nitrogen and oxygen atoms in total. The lowest BCUT2D eigenvalue weighted by molar-refractivity contribution is 0.0739. The van der Waals surface area contributed by atoms with E-state index >= 15 is 0 Å². The number of carbonyl (C=O) groups is 1. The van der Waals surface area contributed by atoms with Crippen LogP contribution < -0.4 is 0 Å². The Kier molecular flexibility index (Phi) is 3.41. The van der Waals surface area contributed by atoms with E-state index in [0.29, 0.717) is 12.5 Å². The number of halogens is 2. The van der Waals surface area contributed by atoms with Crippen molar-refractivity contribution in [2.75, 3.05) is 13.6 Å². The molecule has 0 radical (unpaired) electrons. The maximum atomic E-state index is 13.4. The quantitative estimate of drug-likeness (QED) is 0.794. The summed E-state index contributed by atoms with van der Waals surface area (Å²) in [7, 11) is 1.63. The van der Waals surface area contributed by atoms with Crippen molar-refractivity contribution < 1.29 is 13.6 Å². The summed E-state index contributed by atoms with van der Waals surface area (Å²) in [6.07, 6.45) is 3.42. The van der Waals surface area contributed by atoms with Crippen LogP contribution in [0.1, 0.15) is 29.6 Å². The molecule has 0 aliphatic heterocycles. The van der Waals surface area contributed by atoms with Gasteiger partial charge in [0, 0.05) is 13.6 Å². The molecule has 4 heteroatoms. The van der Waals surface area contributed by atoms with Gasteiger partial charge in [-0.05, 0) is 30.9 Å². The molecule has 1 amide bonds. The molecule has 1 saturated carbocycles. The molecule has 2 rings (SSSR count). The molecule has 1 aromatic carbocycles. The molecule has 0 N–H and O–H groups in total. The molecule has 17 heavy (non-hydrogen) atoms. The number of rotatable bonds is 3. The Labute approximate surface area is 99.2 Å². The van der Waals surface area contributed by atoms with Gasteiger partial charge in [-0.25, -0.2) is 8.78 Å². The minimum absolute atomic E-state index is 0.188. The highest BCUT2D eigenvalue weighted by Crippen LogP contribution is 2.27. The molecule has 0 bridgehead atoms. The van der Waals surface area contributed by atoms with E-state index < -0.39 is 17.5 Å². The Balaban J connectivity index is 2.09. The van der Waals surface area contributed by atoms with E-state index in [-0.39, 0.29) is 5.56 Å². The standard InChI is InChI=1S/C13H15F2NO/c1-16(8-9-4-2-5-9)13(17)10-6-3-7-11(14)12(10)15/h3,6-7,9H,2,4-5,8H2,1H3. The Hall–Kier alpha value is -1.45. The van der Waals surface area contributed by atoms with Crippen LogP contribution in [-0.4, -0.2) is 24.4 Å². The van der Waals surface area contributed by atoms with Crippen molar-refractivity contribution in [3.8, 4) is 0 Å². The minimum Gasteiger partial charge on any atom is -0.341 e. The summed E-state index contributed by atoms with van der Waals surface area (Å²) in [6.45, 7) is 0.620. The van der Waals surface area contributed by atoms with Crippen LogP contribution in [0.25, 0.3) is 0 Å². The fourth-order valence-electron chi connectivity index (χ4n) is 2.02.